The lowest BCUT2D eigenvalue weighted by Crippen LogP contribution is -2.56. The largest absolute Gasteiger partial charge is 0.481 e. The first kappa shape index (κ1) is 35.3. The molecule has 0 spiro atoms. The van der Waals surface area contributed by atoms with Crippen LogP contribution in [0.3, 0.4) is 0 Å². The number of amides is 2. The van der Waals surface area contributed by atoms with Gasteiger partial charge in [-0.15, -0.1) is 0 Å². The van der Waals surface area contributed by atoms with Crippen molar-refractivity contribution in [2.24, 2.45) is 0 Å². The molecular formula is C34H26ClF3N8O4. The Morgan fingerprint density at radius 1 is 1.00 bits per heavy atom. The third-order valence-electron chi connectivity index (χ3n) is 7.82. The quantitative estimate of drug-likeness (QED) is 0.193. The topological polar surface area (TPSA) is 176 Å². The molecule has 1 aliphatic carbocycles. The fraction of sp³-hybridized carbons (Fsp3) is 0.235. The highest BCUT2D eigenvalue weighted by Gasteiger charge is 2.48. The van der Waals surface area contributed by atoms with Gasteiger partial charge in [-0.25, -0.2) is 23.1 Å². The molecule has 3 heterocycles. The summed E-state index contributed by atoms with van der Waals surface area (Å²) in [5.41, 5.74) is -0.00443. The molecule has 1 aliphatic rings. The maximum atomic E-state index is 15.2. The smallest absolute Gasteiger partial charge is 0.303 e. The van der Waals surface area contributed by atoms with Gasteiger partial charge in [0.25, 0.3) is 11.8 Å². The molecular weight excluding hydrogens is 677 g/mol. The van der Waals surface area contributed by atoms with Gasteiger partial charge in [0, 0.05) is 54.4 Å². The highest BCUT2D eigenvalue weighted by atomic mass is 35.5. The van der Waals surface area contributed by atoms with Crippen molar-refractivity contribution in [3.8, 4) is 12.1 Å². The number of carbonyl (C=O) groups excluding carboxylic acids is 2. The number of carbonyl (C=O) groups is 3. The molecule has 4 aromatic rings. The number of carboxylic acids is 1. The zero-order chi connectivity index (χ0) is 36.0. The minimum absolute atomic E-state index is 0.000491. The number of aromatic nitrogens is 3. The van der Waals surface area contributed by atoms with E-state index in [1.54, 1.807) is 6.07 Å². The Hall–Kier alpha value is -6.06. The molecule has 0 bridgehead atoms. The van der Waals surface area contributed by atoms with Crippen LogP contribution in [0.25, 0.3) is 0 Å². The molecule has 5 rings (SSSR count). The Bertz CT molecular complexity index is 1960. The fourth-order valence-electron chi connectivity index (χ4n) is 5.53. The van der Waals surface area contributed by atoms with Gasteiger partial charge in [0.05, 0.1) is 41.3 Å². The Balaban J connectivity index is 1.74. The lowest BCUT2D eigenvalue weighted by Gasteiger charge is -2.40. The lowest BCUT2D eigenvalue weighted by atomic mass is 9.87. The summed E-state index contributed by atoms with van der Waals surface area (Å²) in [6.45, 7) is 0. The number of pyridine rings is 3. The molecule has 50 heavy (non-hydrogen) atoms. The predicted octanol–water partition coefficient (Wildman–Crippen LogP) is 5.47. The molecule has 2 amide bonds. The summed E-state index contributed by atoms with van der Waals surface area (Å²) >= 11 is 6.57. The number of hydrogen-bond donors (Lipinski definition) is 2. The Kier molecular flexibility index (Phi) is 10.6. The van der Waals surface area contributed by atoms with Crippen molar-refractivity contribution in [1.82, 2.24) is 20.3 Å². The van der Waals surface area contributed by atoms with Gasteiger partial charge in [0.2, 0.25) is 5.91 Å². The summed E-state index contributed by atoms with van der Waals surface area (Å²) in [6.07, 6.45) is 2.12. The maximum absolute atomic E-state index is 15.2. The van der Waals surface area contributed by atoms with Gasteiger partial charge in [0.1, 0.15) is 29.5 Å². The van der Waals surface area contributed by atoms with Crippen LogP contribution in [0.4, 0.5) is 30.5 Å². The van der Waals surface area contributed by atoms with Crippen molar-refractivity contribution in [2.75, 3.05) is 9.80 Å². The average Bonchev–Trinajstić information content (AvgIpc) is 3.08. The molecule has 0 saturated heterocycles. The van der Waals surface area contributed by atoms with E-state index in [4.69, 9.17) is 11.6 Å². The monoisotopic (exact) mass is 702 g/mol. The Labute approximate surface area is 288 Å². The van der Waals surface area contributed by atoms with Crippen LogP contribution in [0.2, 0.25) is 5.02 Å². The van der Waals surface area contributed by atoms with E-state index in [1.165, 1.54) is 59.8 Å². The summed E-state index contributed by atoms with van der Waals surface area (Å²) in [5.74, 6) is -7.25. The van der Waals surface area contributed by atoms with Crippen LogP contribution in [-0.2, 0) is 14.4 Å². The van der Waals surface area contributed by atoms with Crippen LogP contribution in [-0.4, -0.2) is 55.8 Å². The number of carboxylic acid groups (broad SMARTS) is 1. The average molecular weight is 703 g/mol. The molecule has 16 heteroatoms. The van der Waals surface area contributed by atoms with Crippen molar-refractivity contribution >= 4 is 46.7 Å². The number of halogens is 4. The zero-order valence-corrected chi connectivity index (χ0v) is 26.6. The lowest BCUT2D eigenvalue weighted by molar-refractivity contribution is -0.137. The number of benzene rings is 1. The first-order valence-electron chi connectivity index (χ1n) is 15.0. The standard InChI is InChI=1S/C34H26ClF3N8O4/c35-26-4-2-1-3-25(26)31(32(49)44-23-14-34(37,38)15-23)45(24-13-22(36)18-41-19-24)33(50)27(5-6-30(47)48)46(28-11-20(16-39)7-9-42-28)29-12-21(17-40)8-10-43-29/h1-4,7-13,18-19,23,27,31H,5-6,14-15H2,(H,44,49)(H,47,48)/t27?,31-/m0/s1. The Morgan fingerprint density at radius 2 is 1.62 bits per heavy atom. The number of alkyl halides is 2. The van der Waals surface area contributed by atoms with E-state index in [-0.39, 0.29) is 39.0 Å². The molecule has 254 valence electrons. The van der Waals surface area contributed by atoms with Crippen LogP contribution < -0.4 is 15.1 Å². The fourth-order valence-corrected chi connectivity index (χ4v) is 5.77. The summed E-state index contributed by atoms with van der Waals surface area (Å²) in [6, 6.07) is 11.9. The first-order chi connectivity index (χ1) is 23.9. The highest BCUT2D eigenvalue weighted by Crippen LogP contribution is 2.40. The van der Waals surface area contributed by atoms with E-state index >= 15 is 4.79 Å². The van der Waals surface area contributed by atoms with Gasteiger partial charge in [0.15, 0.2) is 0 Å². The Morgan fingerprint density at radius 3 is 2.16 bits per heavy atom. The van der Waals surface area contributed by atoms with E-state index < -0.39 is 73.3 Å². The van der Waals surface area contributed by atoms with E-state index in [0.717, 1.165) is 23.4 Å². The third-order valence-corrected chi connectivity index (χ3v) is 8.16. The van der Waals surface area contributed by atoms with Crippen molar-refractivity contribution in [2.45, 2.75) is 49.7 Å². The van der Waals surface area contributed by atoms with Crippen molar-refractivity contribution in [3.63, 3.8) is 0 Å². The molecule has 1 unspecified atom stereocenters. The number of nitrogens with zero attached hydrogens (tertiary/aromatic N) is 7. The summed E-state index contributed by atoms with van der Waals surface area (Å²) in [5, 5.41) is 31.6. The number of nitriles is 2. The molecule has 1 aromatic carbocycles. The van der Waals surface area contributed by atoms with Gasteiger partial charge in [-0.3, -0.25) is 29.2 Å². The highest BCUT2D eigenvalue weighted by molar-refractivity contribution is 6.31. The molecule has 2 N–H and O–H groups in total. The SMILES string of the molecule is N#Cc1ccnc(N(c2cc(C#N)ccn2)C(CCC(=O)O)C(=O)N(c2cncc(F)c2)[C@H](C(=O)NC2CC(F)(F)C2)c2ccccc2Cl)c1. The van der Waals surface area contributed by atoms with Crippen LogP contribution in [0.5, 0.6) is 0 Å². The van der Waals surface area contributed by atoms with Crippen LogP contribution in [0, 0.1) is 28.5 Å². The van der Waals surface area contributed by atoms with Gasteiger partial charge in [-0.1, -0.05) is 29.8 Å². The number of rotatable bonds is 12. The van der Waals surface area contributed by atoms with Gasteiger partial charge < -0.3 is 10.4 Å². The molecule has 12 nitrogen and oxygen atoms in total. The summed E-state index contributed by atoms with van der Waals surface area (Å²) in [4.78, 5) is 55.8. The maximum Gasteiger partial charge on any atom is 0.303 e. The number of hydrogen-bond acceptors (Lipinski definition) is 9. The van der Waals surface area contributed by atoms with Crippen LogP contribution >= 0.6 is 11.6 Å². The second kappa shape index (κ2) is 15.0. The minimum Gasteiger partial charge on any atom is -0.481 e. The minimum atomic E-state index is -3.00. The molecule has 0 radical (unpaired) electrons. The predicted molar refractivity (Wildman–Crippen MR) is 173 cm³/mol. The normalized spacial score (nSPS) is 14.6. The third kappa shape index (κ3) is 7.97. The molecule has 2 atom stereocenters. The zero-order valence-electron chi connectivity index (χ0n) is 25.9. The van der Waals surface area contributed by atoms with Crippen LogP contribution in [0.1, 0.15) is 48.4 Å². The van der Waals surface area contributed by atoms with E-state index in [1.807, 2.05) is 12.1 Å². The van der Waals surface area contributed by atoms with E-state index in [2.05, 4.69) is 20.3 Å². The summed E-state index contributed by atoms with van der Waals surface area (Å²) in [7, 11) is 0. The number of anilines is 3. The van der Waals surface area contributed by atoms with Gasteiger partial charge >= 0.3 is 5.97 Å². The second-order valence-corrected chi connectivity index (χ2v) is 11.7. The van der Waals surface area contributed by atoms with Crippen molar-refractivity contribution in [3.05, 3.63) is 107 Å². The molecule has 0 aliphatic heterocycles. The van der Waals surface area contributed by atoms with Crippen LogP contribution in [0.15, 0.2) is 79.4 Å². The van der Waals surface area contributed by atoms with Crippen molar-refractivity contribution < 1.29 is 32.7 Å². The molecule has 1 fully saturated rings. The molecule has 1 saturated carbocycles. The van der Waals surface area contributed by atoms with Gasteiger partial charge in [-0.2, -0.15) is 10.5 Å². The molecule has 3 aromatic heterocycles. The van der Waals surface area contributed by atoms with Crippen molar-refractivity contribution in [1.29, 1.82) is 10.5 Å². The number of nitrogens with one attached hydrogen (secondary N) is 1. The number of aliphatic carboxylic acids is 1. The first-order valence-corrected chi connectivity index (χ1v) is 15.4. The van der Waals surface area contributed by atoms with E-state index in [0.29, 0.717) is 0 Å². The van der Waals surface area contributed by atoms with Gasteiger partial charge in [-0.05, 0) is 36.8 Å². The van der Waals surface area contributed by atoms with E-state index in [9.17, 15) is 38.4 Å². The second-order valence-electron chi connectivity index (χ2n) is 11.3. The summed E-state index contributed by atoms with van der Waals surface area (Å²) < 4.78 is 42.4.